The van der Waals surface area contributed by atoms with Crippen molar-refractivity contribution in [2.45, 2.75) is 26.4 Å². The summed E-state index contributed by atoms with van der Waals surface area (Å²) in [5, 5.41) is 14.5. The van der Waals surface area contributed by atoms with E-state index in [4.69, 9.17) is 0 Å². The zero-order valence-corrected chi connectivity index (χ0v) is 16.2. The highest BCUT2D eigenvalue weighted by Gasteiger charge is 2.12. The molecule has 1 amide bonds. The van der Waals surface area contributed by atoms with Crippen LogP contribution in [-0.2, 0) is 13.1 Å². The van der Waals surface area contributed by atoms with Gasteiger partial charge in [-0.15, -0.1) is 0 Å². The molecular formula is C22H22N6O. The largest absolute Gasteiger partial charge is 0.347 e. The number of carbonyl (C=O) groups is 1. The van der Waals surface area contributed by atoms with Crippen molar-refractivity contribution in [1.82, 2.24) is 30.3 Å². The summed E-state index contributed by atoms with van der Waals surface area (Å²) < 4.78 is 1.79. The molecule has 146 valence electrons. The SMILES string of the molecule is CCCn1ccc(C(=O)NCc2cccc(-c3[nH]ncc3-c3ccncc3)c2)n1. The highest BCUT2D eigenvalue weighted by atomic mass is 16.1. The van der Waals surface area contributed by atoms with E-state index in [-0.39, 0.29) is 5.91 Å². The topological polar surface area (TPSA) is 88.5 Å². The number of aryl methyl sites for hydroxylation is 1. The summed E-state index contributed by atoms with van der Waals surface area (Å²) in [6.07, 6.45) is 8.15. The number of hydrogen-bond donors (Lipinski definition) is 2. The third-order valence-corrected chi connectivity index (χ3v) is 4.63. The van der Waals surface area contributed by atoms with Gasteiger partial charge >= 0.3 is 0 Å². The Balaban J connectivity index is 1.48. The van der Waals surface area contributed by atoms with Gasteiger partial charge in [0.1, 0.15) is 5.69 Å². The first-order valence-electron chi connectivity index (χ1n) is 9.59. The normalized spacial score (nSPS) is 10.8. The van der Waals surface area contributed by atoms with E-state index in [9.17, 15) is 4.79 Å². The molecule has 0 radical (unpaired) electrons. The fourth-order valence-electron chi connectivity index (χ4n) is 3.20. The Kier molecular flexibility index (Phi) is 5.47. The molecule has 4 rings (SSSR count). The second-order valence-electron chi connectivity index (χ2n) is 6.74. The molecule has 0 saturated heterocycles. The van der Waals surface area contributed by atoms with Gasteiger partial charge in [0.25, 0.3) is 5.91 Å². The molecule has 0 saturated carbocycles. The van der Waals surface area contributed by atoms with Crippen molar-refractivity contribution in [2.24, 2.45) is 0 Å². The zero-order chi connectivity index (χ0) is 20.1. The van der Waals surface area contributed by atoms with Crippen molar-refractivity contribution in [2.75, 3.05) is 0 Å². The molecule has 29 heavy (non-hydrogen) atoms. The first-order chi connectivity index (χ1) is 14.2. The summed E-state index contributed by atoms with van der Waals surface area (Å²) in [6.45, 7) is 3.31. The summed E-state index contributed by atoms with van der Waals surface area (Å²) in [4.78, 5) is 16.5. The van der Waals surface area contributed by atoms with Gasteiger partial charge < -0.3 is 5.32 Å². The first kappa shape index (κ1) is 18.6. The molecule has 0 spiro atoms. The van der Waals surface area contributed by atoms with Crippen LogP contribution in [0.25, 0.3) is 22.4 Å². The molecule has 0 bridgehead atoms. The van der Waals surface area contributed by atoms with Crippen molar-refractivity contribution < 1.29 is 4.79 Å². The Morgan fingerprint density at radius 2 is 2.00 bits per heavy atom. The molecule has 0 aliphatic carbocycles. The van der Waals surface area contributed by atoms with Crippen molar-refractivity contribution in [1.29, 1.82) is 0 Å². The lowest BCUT2D eigenvalue weighted by atomic mass is 10.0. The van der Waals surface area contributed by atoms with Crippen LogP contribution in [0.5, 0.6) is 0 Å². The van der Waals surface area contributed by atoms with Crippen LogP contribution < -0.4 is 5.32 Å². The quantitative estimate of drug-likeness (QED) is 0.507. The minimum Gasteiger partial charge on any atom is -0.347 e. The maximum atomic E-state index is 12.4. The number of rotatable bonds is 7. The summed E-state index contributed by atoms with van der Waals surface area (Å²) in [7, 11) is 0. The second-order valence-corrected chi connectivity index (χ2v) is 6.74. The highest BCUT2D eigenvalue weighted by molar-refractivity contribution is 5.92. The van der Waals surface area contributed by atoms with Gasteiger partial charge in [0, 0.05) is 42.8 Å². The first-order valence-corrected chi connectivity index (χ1v) is 9.59. The molecule has 7 heteroatoms. The average Bonchev–Trinajstić information content (AvgIpc) is 3.43. The number of aromatic nitrogens is 5. The zero-order valence-electron chi connectivity index (χ0n) is 16.2. The van der Waals surface area contributed by atoms with Crippen molar-refractivity contribution >= 4 is 5.91 Å². The minimum absolute atomic E-state index is 0.177. The van der Waals surface area contributed by atoms with Crippen LogP contribution in [0.3, 0.4) is 0 Å². The number of nitrogens with zero attached hydrogens (tertiary/aromatic N) is 4. The molecule has 0 atom stereocenters. The van der Waals surface area contributed by atoms with Gasteiger partial charge in [-0.1, -0.05) is 25.1 Å². The number of aromatic amines is 1. The Morgan fingerprint density at radius 1 is 1.14 bits per heavy atom. The van der Waals surface area contributed by atoms with Gasteiger partial charge in [0.05, 0.1) is 11.9 Å². The summed E-state index contributed by atoms with van der Waals surface area (Å²) in [5.74, 6) is -0.177. The highest BCUT2D eigenvalue weighted by Crippen LogP contribution is 2.30. The van der Waals surface area contributed by atoms with Gasteiger partial charge in [-0.2, -0.15) is 10.2 Å². The van der Waals surface area contributed by atoms with Gasteiger partial charge in [-0.25, -0.2) is 0 Å². The molecule has 2 N–H and O–H groups in total. The number of nitrogens with one attached hydrogen (secondary N) is 2. The molecule has 7 nitrogen and oxygen atoms in total. The molecular weight excluding hydrogens is 364 g/mol. The minimum atomic E-state index is -0.177. The van der Waals surface area contributed by atoms with Crippen molar-refractivity contribution in [3.8, 4) is 22.4 Å². The number of benzene rings is 1. The van der Waals surface area contributed by atoms with Crippen molar-refractivity contribution in [3.05, 3.63) is 78.5 Å². The summed E-state index contributed by atoms with van der Waals surface area (Å²) >= 11 is 0. The lowest BCUT2D eigenvalue weighted by Crippen LogP contribution is -2.23. The molecule has 1 aromatic carbocycles. The number of carbonyl (C=O) groups excluding carboxylic acids is 1. The monoisotopic (exact) mass is 386 g/mol. The summed E-state index contributed by atoms with van der Waals surface area (Å²) in [6, 6.07) is 13.7. The molecule has 3 aromatic heterocycles. The maximum absolute atomic E-state index is 12.4. The molecule has 0 unspecified atom stereocenters. The van der Waals surface area contributed by atoms with Crippen LogP contribution in [0.4, 0.5) is 0 Å². The lowest BCUT2D eigenvalue weighted by molar-refractivity contribution is 0.0945. The second kappa shape index (κ2) is 8.52. The lowest BCUT2D eigenvalue weighted by Gasteiger charge is -2.08. The van der Waals surface area contributed by atoms with Gasteiger partial charge in [-0.05, 0) is 41.8 Å². The van der Waals surface area contributed by atoms with Gasteiger partial charge in [-0.3, -0.25) is 19.6 Å². The van der Waals surface area contributed by atoms with Crippen LogP contribution >= 0.6 is 0 Å². The van der Waals surface area contributed by atoms with Crippen LogP contribution in [0.1, 0.15) is 29.4 Å². The van der Waals surface area contributed by atoms with E-state index < -0.39 is 0 Å². The summed E-state index contributed by atoms with van der Waals surface area (Å²) in [5.41, 5.74) is 5.43. The Morgan fingerprint density at radius 3 is 2.83 bits per heavy atom. The molecule has 4 aromatic rings. The van der Waals surface area contributed by atoms with Crippen LogP contribution in [-0.4, -0.2) is 30.9 Å². The number of amides is 1. The molecule has 0 aliphatic heterocycles. The number of hydrogen-bond acceptors (Lipinski definition) is 4. The molecule has 3 heterocycles. The van der Waals surface area contributed by atoms with E-state index in [1.807, 2.05) is 48.8 Å². The van der Waals surface area contributed by atoms with Crippen LogP contribution in [0.2, 0.25) is 0 Å². The number of H-pyrrole nitrogens is 1. The van der Waals surface area contributed by atoms with Gasteiger partial charge in [0.2, 0.25) is 0 Å². The Labute approximate surface area is 168 Å². The van der Waals surface area contributed by atoms with E-state index in [0.29, 0.717) is 12.2 Å². The van der Waals surface area contributed by atoms with E-state index in [0.717, 1.165) is 40.9 Å². The van der Waals surface area contributed by atoms with Crippen LogP contribution in [0, 0.1) is 0 Å². The van der Waals surface area contributed by atoms with E-state index in [1.165, 1.54) is 0 Å². The van der Waals surface area contributed by atoms with Gasteiger partial charge in [0.15, 0.2) is 0 Å². The molecule has 0 fully saturated rings. The van der Waals surface area contributed by atoms with Crippen molar-refractivity contribution in [3.63, 3.8) is 0 Å². The third-order valence-electron chi connectivity index (χ3n) is 4.63. The predicted molar refractivity (Wildman–Crippen MR) is 111 cm³/mol. The van der Waals surface area contributed by atoms with Crippen LogP contribution in [0.15, 0.2) is 67.3 Å². The Hall–Kier alpha value is -3.74. The van der Waals surface area contributed by atoms with E-state index >= 15 is 0 Å². The number of pyridine rings is 1. The predicted octanol–water partition coefficient (Wildman–Crippen LogP) is 3.68. The fourth-order valence-corrected chi connectivity index (χ4v) is 3.20. The third kappa shape index (κ3) is 4.24. The average molecular weight is 386 g/mol. The standard InChI is InChI=1S/C22H22N6O/c1-2-11-28-12-8-20(27-28)22(29)24-14-16-4-3-5-18(13-16)21-19(15-25-26-21)17-6-9-23-10-7-17/h3-10,12-13,15H,2,11,14H2,1H3,(H,24,29)(H,25,26). The van der Waals surface area contributed by atoms with E-state index in [2.05, 4.69) is 32.5 Å². The maximum Gasteiger partial charge on any atom is 0.272 e. The fraction of sp³-hybridized carbons (Fsp3) is 0.182. The van der Waals surface area contributed by atoms with E-state index in [1.54, 1.807) is 23.1 Å². The molecule has 0 aliphatic rings. The Bertz CT molecular complexity index is 1100. The smallest absolute Gasteiger partial charge is 0.272 e.